The van der Waals surface area contributed by atoms with Gasteiger partial charge < -0.3 is 10.5 Å². The molecule has 0 fully saturated rings. The van der Waals surface area contributed by atoms with Crippen LogP contribution in [0.25, 0.3) is 0 Å². The van der Waals surface area contributed by atoms with Crippen molar-refractivity contribution in [2.75, 3.05) is 0 Å². The second-order valence-corrected chi connectivity index (χ2v) is 4.87. The molecule has 0 saturated carbocycles. The third kappa shape index (κ3) is 2.89. The molecule has 0 heterocycles. The average Bonchev–Trinajstić information content (AvgIpc) is 2.34. The molecule has 1 atom stereocenters. The molecule has 0 aromatic heterocycles. The Kier molecular flexibility index (Phi) is 3.99. The van der Waals surface area contributed by atoms with Crippen LogP contribution in [0, 0.1) is 5.82 Å². The first-order chi connectivity index (χ1) is 8.58. The quantitative estimate of drug-likeness (QED) is 0.912. The standard InChI is InChI=1S/C14H13BrFNO/c1-9(17)10-6-7-13(11(15)8-10)18-14-5-3-2-4-12(14)16/h2-9H,17H2,1H3. The van der Waals surface area contributed by atoms with Gasteiger partial charge in [-0.15, -0.1) is 0 Å². The van der Waals surface area contributed by atoms with Crippen molar-refractivity contribution < 1.29 is 9.13 Å². The van der Waals surface area contributed by atoms with E-state index in [0.29, 0.717) is 5.75 Å². The Balaban J connectivity index is 2.28. The third-order valence-electron chi connectivity index (χ3n) is 2.54. The van der Waals surface area contributed by atoms with Crippen molar-refractivity contribution in [2.45, 2.75) is 13.0 Å². The summed E-state index contributed by atoms with van der Waals surface area (Å²) in [6.45, 7) is 1.90. The molecule has 0 saturated heterocycles. The number of halogens is 2. The second-order valence-electron chi connectivity index (χ2n) is 4.01. The van der Waals surface area contributed by atoms with E-state index in [1.165, 1.54) is 6.07 Å². The van der Waals surface area contributed by atoms with E-state index in [0.717, 1.165) is 10.0 Å². The van der Waals surface area contributed by atoms with Crippen LogP contribution in [0.5, 0.6) is 11.5 Å². The zero-order chi connectivity index (χ0) is 13.1. The monoisotopic (exact) mass is 309 g/mol. The molecular formula is C14H13BrFNO. The van der Waals surface area contributed by atoms with Gasteiger partial charge in [-0.05, 0) is 52.7 Å². The lowest BCUT2D eigenvalue weighted by molar-refractivity contribution is 0.440. The molecule has 2 aromatic rings. The summed E-state index contributed by atoms with van der Waals surface area (Å²) in [4.78, 5) is 0. The number of ether oxygens (including phenoxy) is 1. The number of hydrogen-bond acceptors (Lipinski definition) is 2. The summed E-state index contributed by atoms with van der Waals surface area (Å²) < 4.78 is 19.7. The summed E-state index contributed by atoms with van der Waals surface area (Å²) in [5.41, 5.74) is 6.78. The first kappa shape index (κ1) is 13.1. The number of rotatable bonds is 3. The van der Waals surface area contributed by atoms with Crippen molar-refractivity contribution in [1.82, 2.24) is 0 Å². The zero-order valence-electron chi connectivity index (χ0n) is 9.86. The molecule has 0 amide bonds. The Morgan fingerprint density at radius 3 is 2.50 bits per heavy atom. The lowest BCUT2D eigenvalue weighted by atomic mass is 10.1. The van der Waals surface area contributed by atoms with E-state index < -0.39 is 0 Å². The lowest BCUT2D eigenvalue weighted by Gasteiger charge is -2.11. The molecule has 0 spiro atoms. The van der Waals surface area contributed by atoms with Crippen LogP contribution >= 0.6 is 15.9 Å². The normalized spacial score (nSPS) is 12.2. The van der Waals surface area contributed by atoms with E-state index in [9.17, 15) is 4.39 Å². The second kappa shape index (κ2) is 5.50. The van der Waals surface area contributed by atoms with Gasteiger partial charge in [0.2, 0.25) is 0 Å². The molecule has 0 aliphatic carbocycles. The smallest absolute Gasteiger partial charge is 0.165 e. The van der Waals surface area contributed by atoms with E-state index in [-0.39, 0.29) is 17.6 Å². The summed E-state index contributed by atoms with van der Waals surface area (Å²) in [5, 5.41) is 0. The minimum absolute atomic E-state index is 0.0520. The van der Waals surface area contributed by atoms with Gasteiger partial charge in [-0.2, -0.15) is 0 Å². The van der Waals surface area contributed by atoms with Crippen molar-refractivity contribution in [3.8, 4) is 11.5 Å². The molecule has 1 unspecified atom stereocenters. The van der Waals surface area contributed by atoms with Crippen LogP contribution in [0.3, 0.4) is 0 Å². The maximum atomic E-state index is 13.5. The maximum Gasteiger partial charge on any atom is 0.165 e. The van der Waals surface area contributed by atoms with Gasteiger partial charge in [-0.1, -0.05) is 18.2 Å². The SMILES string of the molecule is CC(N)c1ccc(Oc2ccccc2F)c(Br)c1. The Labute approximate surface area is 114 Å². The van der Waals surface area contributed by atoms with Crippen LogP contribution in [-0.2, 0) is 0 Å². The molecule has 4 heteroatoms. The van der Waals surface area contributed by atoms with Gasteiger partial charge in [0.1, 0.15) is 5.75 Å². The van der Waals surface area contributed by atoms with Gasteiger partial charge >= 0.3 is 0 Å². The highest BCUT2D eigenvalue weighted by Gasteiger charge is 2.08. The Hall–Kier alpha value is -1.39. The number of nitrogens with two attached hydrogens (primary N) is 1. The molecule has 2 nitrogen and oxygen atoms in total. The fourth-order valence-corrected chi connectivity index (χ4v) is 2.01. The fourth-order valence-electron chi connectivity index (χ4n) is 1.53. The van der Waals surface area contributed by atoms with Crippen molar-refractivity contribution in [3.05, 3.63) is 58.3 Å². The van der Waals surface area contributed by atoms with Crippen LogP contribution in [0.2, 0.25) is 0 Å². The van der Waals surface area contributed by atoms with E-state index in [4.69, 9.17) is 10.5 Å². The van der Waals surface area contributed by atoms with Gasteiger partial charge in [0.25, 0.3) is 0 Å². The van der Waals surface area contributed by atoms with Crippen molar-refractivity contribution in [2.24, 2.45) is 5.73 Å². The average molecular weight is 310 g/mol. The number of hydrogen-bond donors (Lipinski definition) is 1. The van der Waals surface area contributed by atoms with Gasteiger partial charge in [0.05, 0.1) is 4.47 Å². The number of para-hydroxylation sites is 1. The lowest BCUT2D eigenvalue weighted by Crippen LogP contribution is -2.04. The Morgan fingerprint density at radius 1 is 1.17 bits per heavy atom. The minimum atomic E-state index is -0.388. The molecule has 18 heavy (non-hydrogen) atoms. The minimum Gasteiger partial charge on any atom is -0.453 e. The maximum absolute atomic E-state index is 13.5. The summed E-state index contributed by atoms with van der Waals surface area (Å²) in [5.74, 6) is 0.372. The first-order valence-electron chi connectivity index (χ1n) is 5.55. The molecule has 2 N–H and O–H groups in total. The van der Waals surface area contributed by atoms with Crippen molar-refractivity contribution >= 4 is 15.9 Å². The highest BCUT2D eigenvalue weighted by Crippen LogP contribution is 2.32. The van der Waals surface area contributed by atoms with Crippen molar-refractivity contribution in [1.29, 1.82) is 0 Å². The predicted octanol–water partition coefficient (Wildman–Crippen LogP) is 4.40. The summed E-state index contributed by atoms with van der Waals surface area (Å²) in [7, 11) is 0. The largest absolute Gasteiger partial charge is 0.453 e. The van der Waals surface area contributed by atoms with Crippen LogP contribution < -0.4 is 10.5 Å². The van der Waals surface area contributed by atoms with Gasteiger partial charge in [-0.3, -0.25) is 0 Å². The van der Waals surface area contributed by atoms with Gasteiger partial charge in [0, 0.05) is 6.04 Å². The van der Waals surface area contributed by atoms with E-state index in [1.54, 1.807) is 24.3 Å². The molecule has 0 aliphatic heterocycles. The van der Waals surface area contributed by atoms with E-state index in [1.807, 2.05) is 19.1 Å². The van der Waals surface area contributed by atoms with E-state index >= 15 is 0 Å². The Bertz CT molecular complexity index is 557. The van der Waals surface area contributed by atoms with E-state index in [2.05, 4.69) is 15.9 Å². The molecule has 2 aromatic carbocycles. The summed E-state index contributed by atoms with van der Waals surface area (Å²) in [6.07, 6.45) is 0. The summed E-state index contributed by atoms with van der Waals surface area (Å²) >= 11 is 3.39. The topological polar surface area (TPSA) is 35.2 Å². The van der Waals surface area contributed by atoms with Gasteiger partial charge in [-0.25, -0.2) is 4.39 Å². The molecule has 0 radical (unpaired) electrons. The van der Waals surface area contributed by atoms with Crippen molar-refractivity contribution in [3.63, 3.8) is 0 Å². The highest BCUT2D eigenvalue weighted by atomic mass is 79.9. The highest BCUT2D eigenvalue weighted by molar-refractivity contribution is 9.10. The molecule has 94 valence electrons. The number of benzene rings is 2. The third-order valence-corrected chi connectivity index (χ3v) is 3.16. The van der Waals surface area contributed by atoms with Crippen LogP contribution in [0.1, 0.15) is 18.5 Å². The molecular weight excluding hydrogens is 297 g/mol. The van der Waals surface area contributed by atoms with Crippen LogP contribution in [-0.4, -0.2) is 0 Å². The zero-order valence-corrected chi connectivity index (χ0v) is 11.4. The van der Waals surface area contributed by atoms with Crippen LogP contribution in [0.15, 0.2) is 46.9 Å². The van der Waals surface area contributed by atoms with Gasteiger partial charge in [0.15, 0.2) is 11.6 Å². The predicted molar refractivity (Wildman–Crippen MR) is 73.2 cm³/mol. The molecule has 0 bridgehead atoms. The van der Waals surface area contributed by atoms with Crippen LogP contribution in [0.4, 0.5) is 4.39 Å². The first-order valence-corrected chi connectivity index (χ1v) is 6.34. The summed E-state index contributed by atoms with van der Waals surface area (Å²) in [6, 6.07) is 11.8. The molecule has 2 rings (SSSR count). The fraction of sp³-hybridized carbons (Fsp3) is 0.143. The Morgan fingerprint density at radius 2 is 1.89 bits per heavy atom. The molecule has 0 aliphatic rings.